The Kier molecular flexibility index (Phi) is 21.8. The van der Waals surface area contributed by atoms with Gasteiger partial charge in [0.1, 0.15) is 50.5 Å². The smallest absolute Gasteiger partial charge is 0.249 e. The SMILES string of the molecule is COC1=N[C@H]2CC[C@@H]1C2.Cc1cccc(-c2cn3c(n2)[C@@H]2CC[C@H]3C2)n1.Cc1cccc(-c2nc3n(c2-c2ccc4nccc(C(N)=O)c4c2)[C@H]2CC[C@@H]3C2)n1.Cc1cccc(-c2nc3n(c2Br)[C@H]2CC[C@@H]3C2)n1.Cc1cccc(C(=O)CBr)n1.Cc1cccc(C(=O)CN2C(=O)[C@@H]3CC[C@H]2C3)n1.O=C1N[C@H]2CC[C@@H]1C2. The standard InChI is InChI=1S/C24H21N5O.C14H14BrN3.C14H15N3.C14H16N2O2.C8H8BrNO.C7H11NO.C6H9NO/c1-13-3-2-4-20(27-13)21-22(29-16-7-5-15(11-16)24(29)28-21)14-6-8-19-18(12-14)17(23(25)30)9-10-26-19;1-8-3-2-4-11(16-8)12-13(15)18-10-6-5-9(7-10)14(18)17-12;1-9-3-2-4-12(15-9)13-8-17-11-6-5-10(7-11)14(17)16-13;1-9-3-2-4-12(15-9)13(17)8-16-11-6-5-10(7-11)14(16)18;1-6-3-2-4-7(10-6)8(11)5-9;1-9-7-5-2-3-6(4-5)8-7;8-6-4-1-2-5(3-4)7-6/h2-4,6,8-10,12,15-16H,5,7,11H2,1H3,(H2,25,30);2-4,9-10H,5-7H2,1H3;2-4,8,10-11H,5-7H2,1H3;2-4,10-11H,5-8H2,1H3;2-4H,5H2,1H3;5-6H,2-4H2,1H3;4-5H,1-3H2,(H,7,8)/t15-,16+;9-,10+;2*10-,11+;;5-,6+;4-,5+/m1111.11/s1. The van der Waals surface area contributed by atoms with E-state index in [0.29, 0.717) is 88.0 Å². The van der Waals surface area contributed by atoms with Gasteiger partial charge in [-0.05, 0) is 245 Å². The molecule has 10 aromatic rings. The third-order valence-electron chi connectivity index (χ3n) is 24.4. The number of fused-ring (bicyclic) bond motifs is 22. The Labute approximate surface area is 663 Å². The molecule has 2 saturated heterocycles. The number of primary amides is 1. The lowest BCUT2D eigenvalue weighted by Gasteiger charge is -2.26. The number of aromatic nitrogens is 12. The van der Waals surface area contributed by atoms with E-state index in [0.717, 1.165) is 127 Å². The van der Waals surface area contributed by atoms with Crippen LogP contribution >= 0.6 is 31.9 Å². The molecule has 572 valence electrons. The third kappa shape index (κ3) is 15.6. The van der Waals surface area contributed by atoms with Gasteiger partial charge in [-0.3, -0.25) is 48.9 Å². The molecule has 24 heteroatoms. The minimum absolute atomic E-state index is 0.0219. The van der Waals surface area contributed by atoms with Crippen LogP contribution in [0.1, 0.15) is 229 Å². The molecule has 3 amide bonds. The van der Waals surface area contributed by atoms with Crippen LogP contribution in [0.3, 0.4) is 0 Å². The topological polar surface area (TPSA) is 279 Å². The Morgan fingerprint density at radius 2 is 1.07 bits per heavy atom. The molecule has 9 aromatic heterocycles. The van der Waals surface area contributed by atoms with Crippen molar-refractivity contribution in [1.29, 1.82) is 0 Å². The molecule has 6 aliphatic carbocycles. The molecule has 6 aliphatic heterocycles. The number of carbonyl (C=O) groups is 5. The van der Waals surface area contributed by atoms with Gasteiger partial charge in [0, 0.05) is 118 Å². The molecule has 3 N–H and O–H groups in total. The van der Waals surface area contributed by atoms with Gasteiger partial charge in [-0.1, -0.05) is 52.3 Å². The van der Waals surface area contributed by atoms with Crippen molar-refractivity contribution in [2.75, 3.05) is 19.0 Å². The van der Waals surface area contributed by atoms with Crippen molar-refractivity contribution in [2.45, 2.75) is 204 Å². The van der Waals surface area contributed by atoms with Crippen LogP contribution in [-0.2, 0) is 14.3 Å². The summed E-state index contributed by atoms with van der Waals surface area (Å²) in [5.74, 6) is 7.84. The van der Waals surface area contributed by atoms with Crippen LogP contribution in [0.15, 0.2) is 137 Å². The number of amides is 3. The van der Waals surface area contributed by atoms with E-state index >= 15 is 0 Å². The van der Waals surface area contributed by atoms with Gasteiger partial charge in [0.2, 0.25) is 17.7 Å². The first-order chi connectivity index (χ1) is 53.8. The lowest BCUT2D eigenvalue weighted by atomic mass is 10.0. The van der Waals surface area contributed by atoms with Gasteiger partial charge >= 0.3 is 0 Å². The molecule has 12 atom stereocenters. The van der Waals surface area contributed by atoms with Crippen LogP contribution in [0.4, 0.5) is 0 Å². The molecular formula is C87H94Br2N16O6. The summed E-state index contributed by atoms with van der Waals surface area (Å²) in [4.78, 5) is 105. The lowest BCUT2D eigenvalue weighted by Crippen LogP contribution is -2.40. The highest BCUT2D eigenvalue weighted by molar-refractivity contribution is 9.10. The first-order valence-electron chi connectivity index (χ1n) is 39.5. The number of pyridine rings is 6. The number of likely N-dealkylation sites (tertiary alicyclic amines) is 1. The van der Waals surface area contributed by atoms with Crippen LogP contribution in [0, 0.1) is 52.4 Å². The number of ketones is 2. The molecular weight excluding hydrogens is 1520 g/mol. The number of benzene rings is 1. The zero-order chi connectivity index (χ0) is 76.9. The third-order valence-corrected chi connectivity index (χ3v) is 25.7. The minimum atomic E-state index is -0.447. The van der Waals surface area contributed by atoms with Gasteiger partial charge in [0.15, 0.2) is 17.5 Å². The Morgan fingerprint density at radius 1 is 0.523 bits per heavy atom. The minimum Gasteiger partial charge on any atom is -0.484 e. The van der Waals surface area contributed by atoms with Gasteiger partial charge in [-0.2, -0.15) is 0 Å². The first kappa shape index (κ1) is 75.2. The van der Waals surface area contributed by atoms with E-state index in [2.05, 4.69) is 99.1 Å². The molecule has 8 fully saturated rings. The maximum absolute atomic E-state index is 12.1. The molecule has 6 saturated carbocycles. The zero-order valence-corrected chi connectivity index (χ0v) is 66.9. The fourth-order valence-corrected chi connectivity index (χ4v) is 20.1. The number of Topliss-reactive ketones (excluding diaryl/α,β-unsaturated/α-hetero) is 2. The van der Waals surface area contributed by atoms with E-state index in [9.17, 15) is 24.0 Å². The molecule has 0 radical (unpaired) electrons. The van der Waals surface area contributed by atoms with Crippen molar-refractivity contribution in [3.05, 3.63) is 195 Å². The summed E-state index contributed by atoms with van der Waals surface area (Å²) < 4.78 is 13.4. The molecule has 12 bridgehead atoms. The van der Waals surface area contributed by atoms with E-state index in [1.165, 1.54) is 101 Å². The molecule has 111 heavy (non-hydrogen) atoms. The average molecular weight is 1620 g/mol. The molecule has 0 unspecified atom stereocenters. The number of piperidine rings is 2. The van der Waals surface area contributed by atoms with Gasteiger partial charge in [0.25, 0.3) is 0 Å². The molecule has 22 rings (SSSR count). The summed E-state index contributed by atoms with van der Waals surface area (Å²) in [6, 6.07) is 40.1. The fraction of sp³-hybridized carbons (Fsp3) is 0.437. The number of ether oxygens (including phenoxy) is 1. The molecule has 15 heterocycles. The number of carbonyl (C=O) groups excluding carboxylic acids is 5. The van der Waals surface area contributed by atoms with Gasteiger partial charge in [-0.25, -0.2) is 24.9 Å². The molecule has 0 spiro atoms. The predicted octanol–water partition coefficient (Wildman–Crippen LogP) is 16.4. The van der Waals surface area contributed by atoms with Crippen molar-refractivity contribution in [1.82, 2.24) is 68.8 Å². The van der Waals surface area contributed by atoms with E-state index in [1.807, 2.05) is 120 Å². The monoisotopic (exact) mass is 1620 g/mol. The maximum atomic E-state index is 12.1. The Morgan fingerprint density at radius 3 is 1.61 bits per heavy atom. The summed E-state index contributed by atoms with van der Waals surface area (Å²) >= 11 is 6.81. The lowest BCUT2D eigenvalue weighted by molar-refractivity contribution is -0.133. The highest BCUT2D eigenvalue weighted by atomic mass is 79.9. The van der Waals surface area contributed by atoms with E-state index in [1.54, 1.807) is 36.4 Å². The van der Waals surface area contributed by atoms with Gasteiger partial charge < -0.3 is 34.4 Å². The number of nitrogens with two attached hydrogens (primary N) is 1. The molecule has 22 nitrogen and oxygen atoms in total. The number of imidazole rings is 3. The normalized spacial score (nSPS) is 24.5. The van der Waals surface area contributed by atoms with E-state index < -0.39 is 5.91 Å². The number of aryl methyl sites for hydroxylation is 5. The number of halogens is 2. The number of nitrogens with one attached hydrogen (secondary N) is 1. The first-order valence-corrected chi connectivity index (χ1v) is 41.4. The number of hydrogen-bond donors (Lipinski definition) is 2. The second kappa shape index (κ2) is 32.1. The number of methoxy groups -OCH3 is 1. The predicted molar refractivity (Wildman–Crippen MR) is 433 cm³/mol. The van der Waals surface area contributed by atoms with Crippen molar-refractivity contribution >= 4 is 77.9 Å². The second-order valence-electron chi connectivity index (χ2n) is 31.8. The Bertz CT molecular complexity index is 5250. The van der Waals surface area contributed by atoms with Crippen molar-refractivity contribution in [3.8, 4) is 45.4 Å². The van der Waals surface area contributed by atoms with Crippen LogP contribution in [0.5, 0.6) is 0 Å². The summed E-state index contributed by atoms with van der Waals surface area (Å²) in [6.07, 6.45) is 25.5. The molecule has 1 aromatic carbocycles. The zero-order valence-electron chi connectivity index (χ0n) is 63.7. The average Bonchev–Trinajstić information content (AvgIpc) is 1.57. The Hall–Kier alpha value is -9.81. The second-order valence-corrected chi connectivity index (χ2v) is 33.1. The summed E-state index contributed by atoms with van der Waals surface area (Å²) in [5, 5.41) is 4.02. The van der Waals surface area contributed by atoms with Crippen molar-refractivity contribution < 1.29 is 28.7 Å². The van der Waals surface area contributed by atoms with Crippen LogP contribution in [0.25, 0.3) is 56.3 Å². The van der Waals surface area contributed by atoms with Crippen LogP contribution < -0.4 is 11.1 Å². The van der Waals surface area contributed by atoms with Gasteiger partial charge in [-0.15, -0.1) is 0 Å². The van der Waals surface area contributed by atoms with Crippen molar-refractivity contribution in [2.24, 2.45) is 28.5 Å². The summed E-state index contributed by atoms with van der Waals surface area (Å²) in [7, 11) is 1.72. The van der Waals surface area contributed by atoms with E-state index in [-0.39, 0.29) is 36.0 Å². The van der Waals surface area contributed by atoms with E-state index in [4.69, 9.17) is 30.4 Å². The van der Waals surface area contributed by atoms with Crippen molar-refractivity contribution in [3.63, 3.8) is 0 Å². The number of rotatable bonds is 10. The number of nitrogens with zero attached hydrogens (tertiary/aromatic N) is 14. The highest BCUT2D eigenvalue weighted by Gasteiger charge is 2.47. The number of aliphatic imine (C=N–C) groups is 1. The van der Waals surface area contributed by atoms with Crippen LogP contribution in [0.2, 0.25) is 0 Å². The molecule has 12 aliphatic rings. The quantitative estimate of drug-likeness (QED) is 0.0951. The number of alkyl halides is 1. The fourth-order valence-electron chi connectivity index (χ4n) is 19.0. The van der Waals surface area contributed by atoms with Gasteiger partial charge in [0.05, 0.1) is 58.9 Å². The number of hydrogen-bond acceptors (Lipinski definition) is 16. The maximum Gasteiger partial charge on any atom is 0.249 e. The summed E-state index contributed by atoms with van der Waals surface area (Å²) in [5.41, 5.74) is 20.5. The van der Waals surface area contributed by atoms with Crippen LogP contribution in [-0.4, -0.2) is 136 Å². The Balaban J connectivity index is 0.000000102. The summed E-state index contributed by atoms with van der Waals surface area (Å²) in [6.45, 7) is 9.96. The highest BCUT2D eigenvalue weighted by Crippen LogP contribution is 2.54. The largest absolute Gasteiger partial charge is 0.484 e.